The van der Waals surface area contributed by atoms with Gasteiger partial charge in [0, 0.05) is 19.5 Å². The molecular formula is C22H39N7O3. The summed E-state index contributed by atoms with van der Waals surface area (Å²) in [4.78, 5) is 27.8. The fourth-order valence-electron chi connectivity index (χ4n) is 2.97. The summed E-state index contributed by atoms with van der Waals surface area (Å²) in [5.74, 6) is -0.355. The molecule has 1 unspecified atom stereocenters. The van der Waals surface area contributed by atoms with Crippen molar-refractivity contribution in [2.75, 3.05) is 32.7 Å². The van der Waals surface area contributed by atoms with Gasteiger partial charge in [0.25, 0.3) is 0 Å². The molecule has 0 radical (unpaired) electrons. The Bertz CT molecular complexity index is 691. The number of nitrogens with zero attached hydrogens (tertiary/aromatic N) is 1. The minimum absolute atomic E-state index is 0.0105. The quantitative estimate of drug-likeness (QED) is 0.0960. The van der Waals surface area contributed by atoms with E-state index in [1.807, 2.05) is 24.3 Å². The third-order valence-electron chi connectivity index (χ3n) is 4.68. The summed E-state index contributed by atoms with van der Waals surface area (Å²) in [5, 5.41) is 18.7. The molecule has 0 fully saturated rings. The number of aliphatic hydroxyl groups excluding tert-OH is 1. The molecule has 1 atom stereocenters. The van der Waals surface area contributed by atoms with Gasteiger partial charge in [0.1, 0.15) is 0 Å². The van der Waals surface area contributed by atoms with E-state index in [2.05, 4.69) is 20.9 Å². The zero-order valence-electron chi connectivity index (χ0n) is 18.8. The maximum absolute atomic E-state index is 12.0. The third-order valence-corrected chi connectivity index (χ3v) is 4.68. The van der Waals surface area contributed by atoms with Crippen LogP contribution in [0.1, 0.15) is 44.1 Å². The Hall–Kier alpha value is -2.69. The van der Waals surface area contributed by atoms with Crippen molar-refractivity contribution in [3.05, 3.63) is 29.8 Å². The molecule has 0 saturated heterocycles. The van der Waals surface area contributed by atoms with Crippen molar-refractivity contribution in [2.45, 2.75) is 51.0 Å². The minimum atomic E-state index is -0.903. The highest BCUT2D eigenvalue weighted by molar-refractivity contribution is 5.79. The molecule has 0 spiro atoms. The fraction of sp³-hybridized carbons (Fsp3) is 0.591. The summed E-state index contributed by atoms with van der Waals surface area (Å²) in [6.07, 6.45) is 3.61. The summed E-state index contributed by atoms with van der Waals surface area (Å²) in [5.41, 5.74) is 17.9. The molecule has 2 amide bonds. The number of aliphatic imine (C=N–C) groups is 1. The molecule has 32 heavy (non-hydrogen) atoms. The van der Waals surface area contributed by atoms with Crippen molar-refractivity contribution in [2.24, 2.45) is 22.2 Å². The molecule has 1 aromatic carbocycles. The van der Waals surface area contributed by atoms with E-state index in [0.717, 1.165) is 44.3 Å². The molecule has 0 saturated carbocycles. The molecule has 0 aliphatic rings. The molecule has 10 nitrogen and oxygen atoms in total. The number of carbonyl (C=O) groups is 2. The lowest BCUT2D eigenvalue weighted by Gasteiger charge is -2.12. The van der Waals surface area contributed by atoms with Gasteiger partial charge in [-0.25, -0.2) is 4.99 Å². The van der Waals surface area contributed by atoms with Crippen LogP contribution in [0.3, 0.4) is 0 Å². The predicted octanol–water partition coefficient (Wildman–Crippen LogP) is -0.384. The Morgan fingerprint density at radius 3 is 2.31 bits per heavy atom. The lowest BCUT2D eigenvalue weighted by molar-refractivity contribution is -0.125. The molecule has 180 valence electrons. The largest absolute Gasteiger partial charge is 0.391 e. The average Bonchev–Trinajstić information content (AvgIpc) is 2.75. The molecule has 0 heterocycles. The van der Waals surface area contributed by atoms with Crippen LogP contribution < -0.4 is 33.2 Å². The lowest BCUT2D eigenvalue weighted by atomic mass is 10.1. The van der Waals surface area contributed by atoms with E-state index < -0.39 is 6.10 Å². The van der Waals surface area contributed by atoms with Crippen molar-refractivity contribution < 1.29 is 14.7 Å². The summed E-state index contributed by atoms with van der Waals surface area (Å²) in [7, 11) is 0. The van der Waals surface area contributed by atoms with E-state index in [1.54, 1.807) is 0 Å². The smallest absolute Gasteiger partial charge is 0.222 e. The molecule has 0 aliphatic carbocycles. The molecule has 1 aromatic rings. The number of hydrogen-bond donors (Lipinski definition) is 7. The molecule has 0 bridgehead atoms. The minimum Gasteiger partial charge on any atom is -0.391 e. The SMILES string of the molecule is NCCCNCCCCNC(=O)CC(O)CNC(=O)CCCc1ccc(N=C(N)N)cc1. The summed E-state index contributed by atoms with van der Waals surface area (Å²) >= 11 is 0. The number of rotatable bonds is 17. The number of aryl methyl sites for hydroxylation is 1. The van der Waals surface area contributed by atoms with Crippen LogP contribution >= 0.6 is 0 Å². The topological polar surface area (TPSA) is 181 Å². The number of guanidine groups is 1. The van der Waals surface area contributed by atoms with E-state index in [9.17, 15) is 14.7 Å². The van der Waals surface area contributed by atoms with Crippen LogP contribution in [0.25, 0.3) is 0 Å². The van der Waals surface area contributed by atoms with E-state index >= 15 is 0 Å². The molecule has 0 aliphatic heterocycles. The van der Waals surface area contributed by atoms with Gasteiger partial charge < -0.3 is 38.3 Å². The predicted molar refractivity (Wildman–Crippen MR) is 127 cm³/mol. The average molecular weight is 450 g/mol. The summed E-state index contributed by atoms with van der Waals surface area (Å²) in [6.45, 7) is 3.12. The standard InChI is InChI=1S/C22H39N7O3/c23-11-4-13-26-12-1-2-14-27-21(32)15-19(30)16-28-20(31)6-3-5-17-7-9-18(10-8-17)29-22(24)25/h7-10,19,26,30H,1-6,11-16,23H2,(H,27,32)(H,28,31)(H4,24,25,29). The Morgan fingerprint density at radius 2 is 1.62 bits per heavy atom. The second-order valence-corrected chi connectivity index (χ2v) is 7.67. The van der Waals surface area contributed by atoms with E-state index in [0.29, 0.717) is 31.6 Å². The Labute approximate surface area is 190 Å². The Kier molecular flexibility index (Phi) is 14.5. The monoisotopic (exact) mass is 449 g/mol. The highest BCUT2D eigenvalue weighted by atomic mass is 16.3. The van der Waals surface area contributed by atoms with Gasteiger partial charge in [0.15, 0.2) is 5.96 Å². The second kappa shape index (κ2) is 16.9. The highest BCUT2D eigenvalue weighted by Crippen LogP contribution is 2.14. The highest BCUT2D eigenvalue weighted by Gasteiger charge is 2.12. The number of aliphatic hydroxyl groups is 1. The number of nitrogens with two attached hydrogens (primary N) is 3. The van der Waals surface area contributed by atoms with Gasteiger partial charge in [0.2, 0.25) is 11.8 Å². The van der Waals surface area contributed by atoms with Crippen molar-refractivity contribution >= 4 is 23.5 Å². The first-order valence-electron chi connectivity index (χ1n) is 11.2. The number of carbonyl (C=O) groups excluding carboxylic acids is 2. The lowest BCUT2D eigenvalue weighted by Crippen LogP contribution is -2.36. The van der Waals surface area contributed by atoms with Crippen LogP contribution in [0, 0.1) is 0 Å². The van der Waals surface area contributed by atoms with Crippen LogP contribution in [-0.2, 0) is 16.0 Å². The number of unbranched alkanes of at least 4 members (excludes halogenated alkanes) is 1. The Morgan fingerprint density at radius 1 is 0.938 bits per heavy atom. The second-order valence-electron chi connectivity index (χ2n) is 7.67. The maximum Gasteiger partial charge on any atom is 0.222 e. The maximum atomic E-state index is 12.0. The summed E-state index contributed by atoms with van der Waals surface area (Å²) < 4.78 is 0. The Balaban J connectivity index is 2.08. The van der Waals surface area contributed by atoms with E-state index in [4.69, 9.17) is 17.2 Å². The van der Waals surface area contributed by atoms with E-state index in [1.165, 1.54) is 0 Å². The van der Waals surface area contributed by atoms with E-state index in [-0.39, 0.29) is 30.7 Å². The first-order valence-corrected chi connectivity index (χ1v) is 11.2. The van der Waals surface area contributed by atoms with Crippen molar-refractivity contribution in [3.63, 3.8) is 0 Å². The van der Waals surface area contributed by atoms with Crippen molar-refractivity contribution in [3.8, 4) is 0 Å². The van der Waals surface area contributed by atoms with Gasteiger partial charge in [-0.15, -0.1) is 0 Å². The number of benzene rings is 1. The molecule has 0 aromatic heterocycles. The van der Waals surface area contributed by atoms with Gasteiger partial charge in [-0.2, -0.15) is 0 Å². The van der Waals surface area contributed by atoms with Crippen LogP contribution in [0.15, 0.2) is 29.3 Å². The van der Waals surface area contributed by atoms with Crippen LogP contribution in [0.5, 0.6) is 0 Å². The molecule has 10 N–H and O–H groups in total. The van der Waals surface area contributed by atoms with Gasteiger partial charge in [-0.1, -0.05) is 12.1 Å². The normalized spacial score (nSPS) is 11.6. The molecular weight excluding hydrogens is 410 g/mol. The first-order chi connectivity index (χ1) is 15.4. The fourth-order valence-corrected chi connectivity index (χ4v) is 2.97. The van der Waals surface area contributed by atoms with Gasteiger partial charge in [-0.05, 0) is 69.4 Å². The van der Waals surface area contributed by atoms with Crippen molar-refractivity contribution in [1.82, 2.24) is 16.0 Å². The van der Waals surface area contributed by atoms with Crippen LogP contribution in [-0.4, -0.2) is 61.7 Å². The number of nitrogens with one attached hydrogen (secondary N) is 3. The third kappa shape index (κ3) is 14.3. The first kappa shape index (κ1) is 27.3. The molecule has 1 rings (SSSR count). The van der Waals surface area contributed by atoms with Crippen molar-refractivity contribution in [1.29, 1.82) is 0 Å². The molecule has 10 heteroatoms. The van der Waals surface area contributed by atoms with Gasteiger partial charge in [-0.3, -0.25) is 9.59 Å². The number of amides is 2. The summed E-state index contributed by atoms with van der Waals surface area (Å²) in [6, 6.07) is 7.47. The zero-order chi connectivity index (χ0) is 23.6. The van der Waals surface area contributed by atoms with Gasteiger partial charge in [0.05, 0.1) is 18.2 Å². The van der Waals surface area contributed by atoms with Crippen LogP contribution in [0.2, 0.25) is 0 Å². The zero-order valence-corrected chi connectivity index (χ0v) is 18.8. The van der Waals surface area contributed by atoms with Crippen LogP contribution in [0.4, 0.5) is 5.69 Å². The number of hydrogen-bond acceptors (Lipinski definition) is 6. The van der Waals surface area contributed by atoms with Gasteiger partial charge >= 0.3 is 0 Å².